The van der Waals surface area contributed by atoms with E-state index in [4.69, 9.17) is 5.73 Å². The first-order valence-electron chi connectivity index (χ1n) is 6.91. The van der Waals surface area contributed by atoms with Gasteiger partial charge in [-0.1, -0.05) is 12.8 Å². The number of nitrogens with zero attached hydrogens (tertiary/aromatic N) is 1. The summed E-state index contributed by atoms with van der Waals surface area (Å²) in [5.74, 6) is -0.139. The summed E-state index contributed by atoms with van der Waals surface area (Å²) in [6, 6.07) is 3.68. The number of nitrogens with one attached hydrogen (secondary N) is 2. The summed E-state index contributed by atoms with van der Waals surface area (Å²) in [7, 11) is 0. The summed E-state index contributed by atoms with van der Waals surface area (Å²) in [4.78, 5) is 15.9. The molecule has 5 nitrogen and oxygen atoms in total. The Hall–Kier alpha value is -1.62. The molecule has 1 heterocycles. The van der Waals surface area contributed by atoms with E-state index in [9.17, 15) is 4.79 Å². The second kappa shape index (κ2) is 6.02. The summed E-state index contributed by atoms with van der Waals surface area (Å²) in [5.41, 5.74) is 7.25. The fraction of sp³-hybridized carbons (Fsp3) is 0.571. The van der Waals surface area contributed by atoms with Gasteiger partial charge in [0.15, 0.2) is 0 Å². The third-order valence-corrected chi connectivity index (χ3v) is 3.69. The normalized spacial score (nSPS) is 17.2. The average Bonchev–Trinajstić information content (AvgIpc) is 2.88. The highest BCUT2D eigenvalue weighted by atomic mass is 16.1. The van der Waals surface area contributed by atoms with Crippen LogP contribution in [0.15, 0.2) is 18.3 Å². The second-order valence-corrected chi connectivity index (χ2v) is 5.11. The van der Waals surface area contributed by atoms with Crippen molar-refractivity contribution in [1.82, 2.24) is 10.3 Å². The number of anilines is 1. The van der Waals surface area contributed by atoms with Crippen LogP contribution in [0.1, 0.15) is 43.1 Å². The smallest absolute Gasteiger partial charge is 0.269 e. The van der Waals surface area contributed by atoms with Crippen molar-refractivity contribution in [2.45, 2.75) is 38.1 Å². The fourth-order valence-electron chi connectivity index (χ4n) is 2.62. The maximum absolute atomic E-state index is 11.8. The molecular formula is C14H22N4O. The van der Waals surface area contributed by atoms with Crippen LogP contribution in [0.5, 0.6) is 0 Å². The van der Waals surface area contributed by atoms with Crippen LogP contribution in [-0.4, -0.2) is 29.5 Å². The van der Waals surface area contributed by atoms with Gasteiger partial charge >= 0.3 is 0 Å². The first-order chi connectivity index (χ1) is 9.19. The van der Waals surface area contributed by atoms with Crippen LogP contribution in [-0.2, 0) is 0 Å². The Bertz CT molecular complexity index is 441. The van der Waals surface area contributed by atoms with E-state index >= 15 is 0 Å². The SMILES string of the molecule is CCNC(=O)c1cc(NC2(CN)CCCC2)ccn1. The van der Waals surface area contributed by atoms with Crippen molar-refractivity contribution >= 4 is 11.6 Å². The van der Waals surface area contributed by atoms with E-state index in [0.29, 0.717) is 18.8 Å². The summed E-state index contributed by atoms with van der Waals surface area (Å²) < 4.78 is 0. The molecule has 1 aliphatic carbocycles. The lowest BCUT2D eigenvalue weighted by Crippen LogP contribution is -2.42. The zero-order chi connectivity index (χ0) is 13.7. The minimum atomic E-state index is -0.139. The van der Waals surface area contributed by atoms with E-state index in [-0.39, 0.29) is 11.4 Å². The van der Waals surface area contributed by atoms with Gasteiger partial charge in [0, 0.05) is 30.5 Å². The van der Waals surface area contributed by atoms with E-state index in [1.807, 2.05) is 13.0 Å². The Balaban J connectivity index is 2.12. The third-order valence-electron chi connectivity index (χ3n) is 3.69. The van der Waals surface area contributed by atoms with Crippen LogP contribution in [0.2, 0.25) is 0 Å². The monoisotopic (exact) mass is 262 g/mol. The van der Waals surface area contributed by atoms with Gasteiger partial charge in [-0.15, -0.1) is 0 Å². The molecule has 4 N–H and O–H groups in total. The number of amides is 1. The highest BCUT2D eigenvalue weighted by molar-refractivity contribution is 5.93. The van der Waals surface area contributed by atoms with E-state index in [1.165, 1.54) is 12.8 Å². The zero-order valence-corrected chi connectivity index (χ0v) is 11.4. The molecule has 1 saturated carbocycles. The lowest BCUT2D eigenvalue weighted by molar-refractivity contribution is 0.0951. The van der Waals surface area contributed by atoms with Gasteiger partial charge in [0.25, 0.3) is 5.91 Å². The molecule has 1 aromatic heterocycles. The van der Waals surface area contributed by atoms with Crippen molar-refractivity contribution in [3.63, 3.8) is 0 Å². The van der Waals surface area contributed by atoms with Gasteiger partial charge in [-0.2, -0.15) is 0 Å². The Morgan fingerprint density at radius 2 is 2.21 bits per heavy atom. The predicted molar refractivity (Wildman–Crippen MR) is 76.1 cm³/mol. The number of hydrogen-bond acceptors (Lipinski definition) is 4. The van der Waals surface area contributed by atoms with E-state index in [2.05, 4.69) is 15.6 Å². The standard InChI is InChI=1S/C14H22N4O/c1-2-16-13(19)12-9-11(5-8-17-12)18-14(10-15)6-3-4-7-14/h5,8-9H,2-4,6-7,10,15H2,1H3,(H,16,19)(H,17,18). The molecule has 0 bridgehead atoms. The molecule has 104 valence electrons. The molecule has 1 aromatic rings. The summed E-state index contributed by atoms with van der Waals surface area (Å²) in [6.45, 7) is 3.11. The molecule has 5 heteroatoms. The van der Waals surface area contributed by atoms with Crippen LogP contribution in [0.25, 0.3) is 0 Å². The minimum absolute atomic E-state index is 0.0140. The van der Waals surface area contributed by atoms with Crippen LogP contribution in [0.4, 0.5) is 5.69 Å². The van der Waals surface area contributed by atoms with E-state index in [1.54, 1.807) is 12.3 Å². The molecule has 1 amide bonds. The van der Waals surface area contributed by atoms with Crippen LogP contribution >= 0.6 is 0 Å². The van der Waals surface area contributed by atoms with E-state index < -0.39 is 0 Å². The highest BCUT2D eigenvalue weighted by Gasteiger charge is 2.32. The molecule has 2 rings (SSSR count). The van der Waals surface area contributed by atoms with Crippen LogP contribution in [0.3, 0.4) is 0 Å². The number of nitrogens with two attached hydrogens (primary N) is 1. The van der Waals surface area contributed by atoms with Gasteiger partial charge in [-0.3, -0.25) is 9.78 Å². The van der Waals surface area contributed by atoms with Crippen molar-refractivity contribution in [2.75, 3.05) is 18.4 Å². The molecule has 0 spiro atoms. The number of aromatic nitrogens is 1. The molecule has 0 unspecified atom stereocenters. The number of pyridine rings is 1. The first-order valence-corrected chi connectivity index (χ1v) is 6.91. The Labute approximate surface area is 114 Å². The number of carbonyl (C=O) groups excluding carboxylic acids is 1. The summed E-state index contributed by atoms with van der Waals surface area (Å²) in [6.07, 6.45) is 6.24. The van der Waals surface area contributed by atoms with Crippen molar-refractivity contribution in [2.24, 2.45) is 5.73 Å². The van der Waals surface area contributed by atoms with Crippen molar-refractivity contribution in [3.05, 3.63) is 24.0 Å². The van der Waals surface area contributed by atoms with Crippen LogP contribution in [0, 0.1) is 0 Å². The molecular weight excluding hydrogens is 240 g/mol. The predicted octanol–water partition coefficient (Wildman–Crippen LogP) is 1.51. The summed E-state index contributed by atoms with van der Waals surface area (Å²) in [5, 5.41) is 6.25. The average molecular weight is 262 g/mol. The maximum Gasteiger partial charge on any atom is 0.269 e. The van der Waals surface area contributed by atoms with Gasteiger partial charge in [-0.25, -0.2) is 0 Å². The molecule has 0 aromatic carbocycles. The topological polar surface area (TPSA) is 80.0 Å². The molecule has 0 saturated heterocycles. The first kappa shape index (κ1) is 13.8. The Morgan fingerprint density at radius 3 is 2.84 bits per heavy atom. The van der Waals surface area contributed by atoms with Gasteiger partial charge in [0.2, 0.25) is 0 Å². The van der Waals surface area contributed by atoms with Crippen molar-refractivity contribution in [3.8, 4) is 0 Å². The van der Waals surface area contributed by atoms with Gasteiger partial charge in [-0.05, 0) is 31.9 Å². The molecule has 0 aliphatic heterocycles. The number of hydrogen-bond donors (Lipinski definition) is 3. The number of rotatable bonds is 5. The van der Waals surface area contributed by atoms with E-state index in [0.717, 1.165) is 18.5 Å². The highest BCUT2D eigenvalue weighted by Crippen LogP contribution is 2.32. The Morgan fingerprint density at radius 1 is 1.47 bits per heavy atom. The molecule has 19 heavy (non-hydrogen) atoms. The van der Waals surface area contributed by atoms with Crippen molar-refractivity contribution in [1.29, 1.82) is 0 Å². The second-order valence-electron chi connectivity index (χ2n) is 5.11. The Kier molecular flexibility index (Phi) is 4.37. The summed E-state index contributed by atoms with van der Waals surface area (Å²) >= 11 is 0. The minimum Gasteiger partial charge on any atom is -0.378 e. The fourth-order valence-corrected chi connectivity index (χ4v) is 2.62. The van der Waals surface area contributed by atoms with Gasteiger partial charge in [0.1, 0.15) is 5.69 Å². The zero-order valence-electron chi connectivity index (χ0n) is 11.4. The lowest BCUT2D eigenvalue weighted by atomic mass is 9.97. The van der Waals surface area contributed by atoms with Gasteiger partial charge in [0.05, 0.1) is 0 Å². The third kappa shape index (κ3) is 3.23. The van der Waals surface area contributed by atoms with Gasteiger partial charge < -0.3 is 16.4 Å². The lowest BCUT2D eigenvalue weighted by Gasteiger charge is -2.30. The maximum atomic E-state index is 11.8. The quantitative estimate of drug-likeness (QED) is 0.751. The molecule has 1 fully saturated rings. The molecule has 1 aliphatic rings. The molecule has 0 radical (unpaired) electrons. The van der Waals surface area contributed by atoms with Crippen molar-refractivity contribution < 1.29 is 4.79 Å². The van der Waals surface area contributed by atoms with Crippen LogP contribution < -0.4 is 16.4 Å². The largest absolute Gasteiger partial charge is 0.378 e. The number of carbonyl (C=O) groups is 1. The molecule has 0 atom stereocenters.